The second-order valence-corrected chi connectivity index (χ2v) is 7.51. The molecule has 0 bridgehead atoms. The molecule has 0 heterocycles. The first-order chi connectivity index (χ1) is 14.5. The average molecular weight is 438 g/mol. The number of carboxylic acid groups (broad SMARTS) is 1. The van der Waals surface area contributed by atoms with Crippen LogP contribution in [0.15, 0.2) is 24.3 Å². The number of carbonyl (C=O) groups is 4. The molecule has 0 radical (unpaired) electrons. The van der Waals surface area contributed by atoms with Crippen molar-refractivity contribution in [1.82, 2.24) is 16.0 Å². The standard InChI is InChI=1S/C20H30N4O7/c1-10(2)16(21)19(29)24-15(9-25)18(28)22-11(3)17(27)23-14(20(30)31)8-12-4-6-13(26)7-5-12/h4-7,10-11,14-16,25-26H,8-9,21H2,1-3H3,(H,22,28)(H,23,27)(H,24,29)(H,30,31). The molecule has 1 rings (SSSR count). The monoisotopic (exact) mass is 438 g/mol. The number of aliphatic hydroxyl groups is 1. The van der Waals surface area contributed by atoms with Crippen LogP contribution in [0.4, 0.5) is 0 Å². The number of hydrogen-bond donors (Lipinski definition) is 7. The zero-order valence-electron chi connectivity index (χ0n) is 17.7. The summed E-state index contributed by atoms with van der Waals surface area (Å²) in [5.41, 5.74) is 6.28. The number of hydrogen-bond acceptors (Lipinski definition) is 7. The van der Waals surface area contributed by atoms with Crippen LogP contribution in [0.5, 0.6) is 5.75 Å². The van der Waals surface area contributed by atoms with E-state index in [0.29, 0.717) is 5.56 Å². The summed E-state index contributed by atoms with van der Waals surface area (Å²) in [6.07, 6.45) is -0.0373. The van der Waals surface area contributed by atoms with E-state index in [0.717, 1.165) is 0 Å². The highest BCUT2D eigenvalue weighted by molar-refractivity contribution is 5.94. The van der Waals surface area contributed by atoms with Gasteiger partial charge in [0, 0.05) is 6.42 Å². The van der Waals surface area contributed by atoms with Crippen molar-refractivity contribution in [2.75, 3.05) is 6.61 Å². The van der Waals surface area contributed by atoms with E-state index in [1.165, 1.54) is 31.2 Å². The average Bonchev–Trinajstić information content (AvgIpc) is 2.71. The Morgan fingerprint density at radius 1 is 0.903 bits per heavy atom. The van der Waals surface area contributed by atoms with Gasteiger partial charge in [0.05, 0.1) is 12.6 Å². The predicted octanol–water partition coefficient (Wildman–Crippen LogP) is -1.53. The van der Waals surface area contributed by atoms with Gasteiger partial charge in [-0.2, -0.15) is 0 Å². The van der Waals surface area contributed by atoms with Gasteiger partial charge in [-0.1, -0.05) is 26.0 Å². The molecule has 11 nitrogen and oxygen atoms in total. The van der Waals surface area contributed by atoms with Crippen LogP contribution >= 0.6 is 0 Å². The van der Waals surface area contributed by atoms with Crippen LogP contribution in [0.25, 0.3) is 0 Å². The van der Waals surface area contributed by atoms with E-state index >= 15 is 0 Å². The molecule has 31 heavy (non-hydrogen) atoms. The van der Waals surface area contributed by atoms with Crippen molar-refractivity contribution in [3.63, 3.8) is 0 Å². The van der Waals surface area contributed by atoms with Crippen molar-refractivity contribution in [3.8, 4) is 5.75 Å². The van der Waals surface area contributed by atoms with Crippen LogP contribution in [-0.2, 0) is 25.6 Å². The maximum Gasteiger partial charge on any atom is 0.326 e. The summed E-state index contributed by atoms with van der Waals surface area (Å²) in [5, 5.41) is 35.1. The number of phenolic OH excluding ortho intramolecular Hbond substituents is 1. The van der Waals surface area contributed by atoms with Crippen LogP contribution in [0.3, 0.4) is 0 Å². The third-order valence-electron chi connectivity index (χ3n) is 4.58. The Balaban J connectivity index is 2.70. The molecule has 0 saturated carbocycles. The number of rotatable bonds is 11. The number of phenols is 1. The molecular weight excluding hydrogens is 408 g/mol. The SMILES string of the molecule is CC(NC(=O)C(CO)NC(=O)C(N)C(C)C)C(=O)NC(Cc1ccc(O)cc1)C(=O)O. The van der Waals surface area contributed by atoms with Crippen molar-refractivity contribution < 1.29 is 34.5 Å². The zero-order valence-corrected chi connectivity index (χ0v) is 17.7. The van der Waals surface area contributed by atoms with Gasteiger partial charge in [-0.15, -0.1) is 0 Å². The van der Waals surface area contributed by atoms with E-state index in [1.807, 2.05) is 0 Å². The van der Waals surface area contributed by atoms with Gasteiger partial charge in [0.15, 0.2) is 0 Å². The van der Waals surface area contributed by atoms with Crippen LogP contribution in [-0.4, -0.2) is 69.8 Å². The molecule has 0 aromatic heterocycles. The molecule has 4 atom stereocenters. The number of carboxylic acids is 1. The fourth-order valence-corrected chi connectivity index (χ4v) is 2.51. The lowest BCUT2D eigenvalue weighted by molar-refractivity contribution is -0.142. The van der Waals surface area contributed by atoms with Crippen LogP contribution in [0.1, 0.15) is 26.3 Å². The van der Waals surface area contributed by atoms with E-state index < -0.39 is 54.5 Å². The summed E-state index contributed by atoms with van der Waals surface area (Å²) in [5.74, 6) is -3.64. The molecule has 0 aliphatic heterocycles. The largest absolute Gasteiger partial charge is 0.508 e. The van der Waals surface area contributed by atoms with Gasteiger partial charge in [0.2, 0.25) is 17.7 Å². The van der Waals surface area contributed by atoms with Crippen molar-refractivity contribution in [1.29, 1.82) is 0 Å². The van der Waals surface area contributed by atoms with Gasteiger partial charge in [0.25, 0.3) is 0 Å². The van der Waals surface area contributed by atoms with Gasteiger partial charge >= 0.3 is 5.97 Å². The molecule has 0 saturated heterocycles. The highest BCUT2D eigenvalue weighted by atomic mass is 16.4. The molecule has 1 aromatic carbocycles. The Kier molecular flexibility index (Phi) is 9.90. The highest BCUT2D eigenvalue weighted by Crippen LogP contribution is 2.11. The second-order valence-electron chi connectivity index (χ2n) is 7.51. The van der Waals surface area contributed by atoms with Gasteiger partial charge in [-0.3, -0.25) is 14.4 Å². The molecular formula is C20H30N4O7. The summed E-state index contributed by atoms with van der Waals surface area (Å²) in [4.78, 5) is 48.2. The summed E-state index contributed by atoms with van der Waals surface area (Å²) >= 11 is 0. The first kappa shape index (κ1) is 25.9. The van der Waals surface area contributed by atoms with E-state index in [1.54, 1.807) is 13.8 Å². The second kappa shape index (κ2) is 11.9. The smallest absolute Gasteiger partial charge is 0.326 e. The molecule has 0 aliphatic rings. The summed E-state index contributed by atoms with van der Waals surface area (Å²) < 4.78 is 0. The van der Waals surface area contributed by atoms with Crippen LogP contribution in [0.2, 0.25) is 0 Å². The number of nitrogens with one attached hydrogen (secondary N) is 3. The third-order valence-corrected chi connectivity index (χ3v) is 4.58. The fourth-order valence-electron chi connectivity index (χ4n) is 2.51. The van der Waals surface area contributed by atoms with Crippen LogP contribution < -0.4 is 21.7 Å². The highest BCUT2D eigenvalue weighted by Gasteiger charge is 2.28. The van der Waals surface area contributed by atoms with E-state index in [2.05, 4.69) is 16.0 Å². The number of aromatic hydroxyl groups is 1. The quantitative estimate of drug-likeness (QED) is 0.216. The molecule has 4 unspecified atom stereocenters. The minimum atomic E-state index is -1.32. The molecule has 3 amide bonds. The van der Waals surface area contributed by atoms with Gasteiger partial charge in [-0.05, 0) is 30.5 Å². The number of benzene rings is 1. The summed E-state index contributed by atoms with van der Waals surface area (Å²) in [6.45, 7) is 4.07. The number of aliphatic carboxylic acids is 1. The van der Waals surface area contributed by atoms with Crippen molar-refractivity contribution in [2.24, 2.45) is 11.7 Å². The summed E-state index contributed by atoms with van der Waals surface area (Å²) in [6, 6.07) is 1.24. The number of amides is 3. The topological polar surface area (TPSA) is 191 Å². The Morgan fingerprint density at radius 2 is 1.45 bits per heavy atom. The first-order valence-corrected chi connectivity index (χ1v) is 9.74. The Morgan fingerprint density at radius 3 is 1.94 bits per heavy atom. The molecule has 11 heteroatoms. The maximum absolute atomic E-state index is 12.4. The molecule has 1 aromatic rings. The minimum Gasteiger partial charge on any atom is -0.508 e. The predicted molar refractivity (Wildman–Crippen MR) is 111 cm³/mol. The lowest BCUT2D eigenvalue weighted by Crippen LogP contribution is -2.58. The Labute approximate surface area is 180 Å². The van der Waals surface area contributed by atoms with Crippen molar-refractivity contribution in [3.05, 3.63) is 29.8 Å². The number of nitrogens with two attached hydrogens (primary N) is 1. The third kappa shape index (κ3) is 8.22. The Hall–Kier alpha value is -3.18. The molecule has 0 fully saturated rings. The van der Waals surface area contributed by atoms with E-state index in [9.17, 15) is 34.5 Å². The lowest BCUT2D eigenvalue weighted by atomic mass is 10.0. The maximum atomic E-state index is 12.4. The normalized spacial score (nSPS) is 14.8. The molecule has 172 valence electrons. The van der Waals surface area contributed by atoms with Gasteiger partial charge < -0.3 is 37.0 Å². The fraction of sp³-hybridized carbons (Fsp3) is 0.500. The van der Waals surface area contributed by atoms with E-state index in [-0.39, 0.29) is 18.1 Å². The van der Waals surface area contributed by atoms with Gasteiger partial charge in [-0.25, -0.2) is 4.79 Å². The first-order valence-electron chi connectivity index (χ1n) is 9.74. The minimum absolute atomic E-state index is 0.0240. The van der Waals surface area contributed by atoms with Gasteiger partial charge in [0.1, 0.15) is 23.9 Å². The number of carbonyl (C=O) groups excluding carboxylic acids is 3. The molecule has 8 N–H and O–H groups in total. The zero-order chi connectivity index (χ0) is 23.7. The Bertz CT molecular complexity index is 782. The van der Waals surface area contributed by atoms with E-state index in [4.69, 9.17) is 5.73 Å². The van der Waals surface area contributed by atoms with Crippen molar-refractivity contribution >= 4 is 23.7 Å². The summed E-state index contributed by atoms with van der Waals surface area (Å²) in [7, 11) is 0. The van der Waals surface area contributed by atoms with Crippen LogP contribution in [0, 0.1) is 5.92 Å². The van der Waals surface area contributed by atoms with Crippen molar-refractivity contribution in [2.45, 2.75) is 51.4 Å². The molecule has 0 aliphatic carbocycles. The molecule has 0 spiro atoms. The number of aliphatic hydroxyl groups excluding tert-OH is 1. The lowest BCUT2D eigenvalue weighted by Gasteiger charge is -2.23.